The predicted molar refractivity (Wildman–Crippen MR) is 113 cm³/mol. The van der Waals surface area contributed by atoms with E-state index in [0.29, 0.717) is 17.4 Å². The van der Waals surface area contributed by atoms with E-state index in [2.05, 4.69) is 45.1 Å². The minimum atomic E-state index is -0.00678. The van der Waals surface area contributed by atoms with Gasteiger partial charge < -0.3 is 15.5 Å². The summed E-state index contributed by atoms with van der Waals surface area (Å²) >= 11 is 5.73. The Balaban J connectivity index is 1.56. The SMILES string of the molecule is CC(CNc1ncc(S)cn1)CNc1nc2ccc(C(=O)N(C)C)cc2s1. The van der Waals surface area contributed by atoms with Crippen LogP contribution in [0, 0.1) is 5.92 Å². The van der Waals surface area contributed by atoms with Crippen LogP contribution < -0.4 is 10.6 Å². The first-order valence-corrected chi connectivity index (χ1v) is 9.79. The lowest BCUT2D eigenvalue weighted by Gasteiger charge is -2.12. The van der Waals surface area contributed by atoms with Crippen LogP contribution in [0.5, 0.6) is 0 Å². The molecule has 142 valence electrons. The van der Waals surface area contributed by atoms with Crippen LogP contribution in [-0.4, -0.2) is 52.9 Å². The summed E-state index contributed by atoms with van der Waals surface area (Å²) in [5, 5.41) is 7.43. The molecule has 0 aliphatic heterocycles. The Kier molecular flexibility index (Phi) is 6.12. The minimum absolute atomic E-state index is 0.00678. The predicted octanol–water partition coefficient (Wildman–Crippen LogP) is 3.24. The van der Waals surface area contributed by atoms with Crippen molar-refractivity contribution < 1.29 is 4.79 Å². The highest BCUT2D eigenvalue weighted by Crippen LogP contribution is 2.27. The van der Waals surface area contributed by atoms with E-state index in [1.165, 1.54) is 0 Å². The topological polar surface area (TPSA) is 83.0 Å². The second-order valence-electron chi connectivity index (χ2n) is 6.53. The summed E-state index contributed by atoms with van der Waals surface area (Å²) in [6.07, 6.45) is 3.33. The van der Waals surface area contributed by atoms with Crippen LogP contribution in [0.15, 0.2) is 35.5 Å². The summed E-state index contributed by atoms with van der Waals surface area (Å²) in [5.41, 5.74) is 1.57. The number of amides is 1. The van der Waals surface area contributed by atoms with E-state index in [1.54, 1.807) is 42.7 Å². The van der Waals surface area contributed by atoms with Crippen LogP contribution in [-0.2, 0) is 0 Å². The normalized spacial score (nSPS) is 12.0. The van der Waals surface area contributed by atoms with Crippen molar-refractivity contribution in [3.8, 4) is 0 Å². The molecule has 7 nitrogen and oxygen atoms in total. The number of hydrogen-bond acceptors (Lipinski definition) is 8. The first kappa shape index (κ1) is 19.4. The Morgan fingerprint density at radius 2 is 1.93 bits per heavy atom. The van der Waals surface area contributed by atoms with Gasteiger partial charge in [-0.3, -0.25) is 4.79 Å². The van der Waals surface area contributed by atoms with E-state index in [9.17, 15) is 4.79 Å². The number of fused-ring (bicyclic) bond motifs is 1. The molecule has 0 saturated heterocycles. The molecule has 9 heteroatoms. The highest BCUT2D eigenvalue weighted by Gasteiger charge is 2.11. The quantitative estimate of drug-likeness (QED) is 0.526. The maximum Gasteiger partial charge on any atom is 0.253 e. The molecule has 2 aromatic heterocycles. The number of nitrogens with one attached hydrogen (secondary N) is 2. The summed E-state index contributed by atoms with van der Waals surface area (Å²) < 4.78 is 0.997. The molecule has 1 amide bonds. The van der Waals surface area contributed by atoms with Crippen LogP contribution in [0.3, 0.4) is 0 Å². The van der Waals surface area contributed by atoms with E-state index in [4.69, 9.17) is 0 Å². The largest absolute Gasteiger partial charge is 0.361 e. The number of benzene rings is 1. The van der Waals surface area contributed by atoms with Gasteiger partial charge in [0, 0.05) is 50.0 Å². The number of nitrogens with zero attached hydrogens (tertiary/aromatic N) is 4. The molecule has 0 radical (unpaired) electrons. The molecule has 2 heterocycles. The summed E-state index contributed by atoms with van der Waals surface area (Å²) in [7, 11) is 3.50. The van der Waals surface area contributed by atoms with Gasteiger partial charge in [-0.2, -0.15) is 0 Å². The van der Waals surface area contributed by atoms with Gasteiger partial charge in [-0.05, 0) is 24.1 Å². The van der Waals surface area contributed by atoms with Crippen molar-refractivity contribution in [3.05, 3.63) is 36.2 Å². The Morgan fingerprint density at radius 1 is 1.22 bits per heavy atom. The molecule has 0 fully saturated rings. The molecule has 0 bridgehead atoms. The van der Waals surface area contributed by atoms with E-state index >= 15 is 0 Å². The number of rotatable bonds is 7. The maximum atomic E-state index is 12.1. The standard InChI is InChI=1S/C18H22N6OS2/c1-11(7-19-17-20-9-13(26)10-21-17)8-22-18-23-14-5-4-12(6-15(14)27-18)16(25)24(2)3/h4-6,9-11,26H,7-8H2,1-3H3,(H,22,23)(H,19,20,21). The van der Waals surface area contributed by atoms with Gasteiger partial charge in [0.25, 0.3) is 5.91 Å². The molecule has 3 aromatic rings. The number of carbonyl (C=O) groups is 1. The number of thiazole rings is 1. The van der Waals surface area contributed by atoms with Gasteiger partial charge in [0.15, 0.2) is 5.13 Å². The smallest absolute Gasteiger partial charge is 0.253 e. The molecule has 0 spiro atoms. The fraction of sp³-hybridized carbons (Fsp3) is 0.333. The third kappa shape index (κ3) is 5.08. The second-order valence-corrected chi connectivity index (χ2v) is 8.08. The number of hydrogen-bond donors (Lipinski definition) is 3. The summed E-state index contributed by atoms with van der Waals surface area (Å²) in [6.45, 7) is 3.64. The number of anilines is 2. The molecule has 1 aromatic carbocycles. The highest BCUT2D eigenvalue weighted by molar-refractivity contribution is 7.80. The van der Waals surface area contributed by atoms with Crippen molar-refractivity contribution in [1.82, 2.24) is 19.9 Å². The van der Waals surface area contributed by atoms with Gasteiger partial charge in [-0.25, -0.2) is 15.0 Å². The van der Waals surface area contributed by atoms with Crippen molar-refractivity contribution in [2.24, 2.45) is 5.92 Å². The highest BCUT2D eigenvalue weighted by atomic mass is 32.1. The first-order valence-electron chi connectivity index (χ1n) is 8.53. The minimum Gasteiger partial charge on any atom is -0.361 e. The van der Waals surface area contributed by atoms with Gasteiger partial charge in [0.1, 0.15) is 0 Å². The lowest BCUT2D eigenvalue weighted by molar-refractivity contribution is 0.0828. The number of thiol groups is 1. The molecule has 2 N–H and O–H groups in total. The third-order valence-corrected chi connectivity index (χ3v) is 5.10. The van der Waals surface area contributed by atoms with Crippen LogP contribution in [0.1, 0.15) is 17.3 Å². The van der Waals surface area contributed by atoms with E-state index in [1.807, 2.05) is 18.2 Å². The molecule has 1 unspecified atom stereocenters. The van der Waals surface area contributed by atoms with Crippen LogP contribution in [0.4, 0.5) is 11.1 Å². The third-order valence-electron chi connectivity index (χ3n) is 3.89. The summed E-state index contributed by atoms with van der Waals surface area (Å²) in [4.78, 5) is 27.3. The van der Waals surface area contributed by atoms with E-state index < -0.39 is 0 Å². The van der Waals surface area contributed by atoms with E-state index in [0.717, 1.165) is 33.3 Å². The number of aromatic nitrogens is 3. The zero-order valence-corrected chi connectivity index (χ0v) is 17.1. The monoisotopic (exact) mass is 402 g/mol. The maximum absolute atomic E-state index is 12.1. The van der Waals surface area contributed by atoms with Crippen molar-refractivity contribution in [2.45, 2.75) is 11.8 Å². The lowest BCUT2D eigenvalue weighted by Crippen LogP contribution is -2.21. The molecular formula is C18H22N6OS2. The Morgan fingerprint density at radius 3 is 2.63 bits per heavy atom. The second kappa shape index (κ2) is 8.53. The van der Waals surface area contributed by atoms with Crippen molar-refractivity contribution in [3.63, 3.8) is 0 Å². The van der Waals surface area contributed by atoms with Crippen LogP contribution in [0.25, 0.3) is 10.2 Å². The van der Waals surface area contributed by atoms with Gasteiger partial charge in [-0.1, -0.05) is 18.3 Å². The van der Waals surface area contributed by atoms with Crippen LogP contribution in [0.2, 0.25) is 0 Å². The molecular weight excluding hydrogens is 380 g/mol. The molecule has 1 atom stereocenters. The average Bonchev–Trinajstić information content (AvgIpc) is 3.07. The fourth-order valence-corrected chi connectivity index (χ4v) is 3.43. The van der Waals surface area contributed by atoms with Crippen molar-refractivity contribution in [2.75, 3.05) is 37.8 Å². The van der Waals surface area contributed by atoms with Gasteiger partial charge in [-0.15, -0.1) is 12.6 Å². The Hall–Kier alpha value is -2.39. The van der Waals surface area contributed by atoms with Gasteiger partial charge in [0.05, 0.1) is 10.2 Å². The van der Waals surface area contributed by atoms with Gasteiger partial charge in [0.2, 0.25) is 5.95 Å². The zero-order valence-electron chi connectivity index (χ0n) is 15.4. The van der Waals surface area contributed by atoms with Crippen LogP contribution >= 0.6 is 24.0 Å². The lowest BCUT2D eigenvalue weighted by atomic mass is 10.2. The first-order chi connectivity index (χ1) is 12.9. The summed E-state index contributed by atoms with van der Waals surface area (Å²) in [5.74, 6) is 0.938. The average molecular weight is 403 g/mol. The molecule has 0 aliphatic rings. The van der Waals surface area contributed by atoms with E-state index in [-0.39, 0.29) is 5.91 Å². The molecule has 0 saturated carbocycles. The van der Waals surface area contributed by atoms with Crippen molar-refractivity contribution in [1.29, 1.82) is 0 Å². The van der Waals surface area contributed by atoms with Crippen molar-refractivity contribution >= 4 is 51.2 Å². The number of carbonyl (C=O) groups excluding carboxylic acids is 1. The summed E-state index contributed by atoms with van der Waals surface area (Å²) in [6, 6.07) is 5.60. The molecule has 3 rings (SSSR count). The van der Waals surface area contributed by atoms with Gasteiger partial charge >= 0.3 is 0 Å². The fourth-order valence-electron chi connectivity index (χ4n) is 2.40. The zero-order chi connectivity index (χ0) is 19.4. The molecule has 0 aliphatic carbocycles. The Bertz CT molecular complexity index is 925. The Labute approximate surface area is 167 Å². The molecule has 27 heavy (non-hydrogen) atoms.